The number of rotatable bonds is 3. The van der Waals surface area contributed by atoms with Crippen LogP contribution >= 0.6 is 0 Å². The minimum absolute atomic E-state index is 0.0862. The Balaban J connectivity index is 1.86. The van der Waals surface area contributed by atoms with Crippen molar-refractivity contribution in [2.75, 3.05) is 25.4 Å². The van der Waals surface area contributed by atoms with Crippen molar-refractivity contribution in [1.82, 2.24) is 10.2 Å². The van der Waals surface area contributed by atoms with Crippen LogP contribution in [0.25, 0.3) is 0 Å². The molecular weight excluding hydrogens is 324 g/mol. The molecule has 6 heteroatoms. The molecule has 2 rings (SSSR count). The van der Waals surface area contributed by atoms with Gasteiger partial charge < -0.3 is 15.3 Å². The van der Waals surface area contributed by atoms with E-state index in [4.69, 9.17) is 0 Å². The summed E-state index contributed by atoms with van der Waals surface area (Å²) >= 11 is 0. The summed E-state index contributed by atoms with van der Waals surface area (Å²) in [6.07, 6.45) is 1.47. The van der Waals surface area contributed by atoms with E-state index in [-0.39, 0.29) is 10.8 Å². The van der Waals surface area contributed by atoms with Crippen molar-refractivity contribution in [3.05, 3.63) is 28.8 Å². The largest absolute Gasteiger partial charge is 0.507 e. The van der Waals surface area contributed by atoms with Gasteiger partial charge in [0.2, 0.25) is 0 Å². The number of aromatic hydroxyl groups is 1. The second kappa shape index (κ2) is 7.55. The van der Waals surface area contributed by atoms with Gasteiger partial charge in [-0.1, -0.05) is 12.1 Å². The van der Waals surface area contributed by atoms with Gasteiger partial charge in [-0.3, -0.25) is 4.21 Å². The van der Waals surface area contributed by atoms with Gasteiger partial charge >= 0.3 is 6.03 Å². The Kier molecular flexibility index (Phi) is 5.91. The highest BCUT2D eigenvalue weighted by atomic mass is 32.2. The van der Waals surface area contributed by atoms with Crippen molar-refractivity contribution >= 4 is 16.8 Å². The van der Waals surface area contributed by atoms with Gasteiger partial charge in [-0.25, -0.2) is 4.79 Å². The van der Waals surface area contributed by atoms with E-state index in [2.05, 4.69) is 5.32 Å². The van der Waals surface area contributed by atoms with Crippen LogP contribution < -0.4 is 5.32 Å². The van der Waals surface area contributed by atoms with Gasteiger partial charge in [-0.15, -0.1) is 0 Å². The first-order valence-corrected chi connectivity index (χ1v) is 9.73. The van der Waals surface area contributed by atoms with Crippen molar-refractivity contribution in [3.8, 4) is 5.75 Å². The molecule has 0 saturated carbocycles. The van der Waals surface area contributed by atoms with Crippen molar-refractivity contribution in [1.29, 1.82) is 0 Å². The Hall–Kier alpha value is -1.56. The molecule has 0 aromatic heterocycles. The van der Waals surface area contributed by atoms with Gasteiger partial charge in [0.05, 0.1) is 0 Å². The molecule has 1 saturated heterocycles. The molecule has 5 nitrogen and oxygen atoms in total. The number of amides is 2. The lowest BCUT2D eigenvalue weighted by molar-refractivity contribution is 0.200. The molecule has 1 heterocycles. The Morgan fingerprint density at radius 3 is 2.54 bits per heavy atom. The number of hydrogen-bond donors (Lipinski definition) is 2. The molecule has 2 amide bonds. The van der Waals surface area contributed by atoms with Crippen molar-refractivity contribution in [2.45, 2.75) is 45.3 Å². The molecular formula is C18H28N2O3S. The van der Waals surface area contributed by atoms with Crippen LogP contribution in [0.5, 0.6) is 5.75 Å². The molecule has 0 spiro atoms. The molecule has 0 radical (unpaired) electrons. The lowest BCUT2D eigenvalue weighted by atomic mass is 10.0. The molecule has 134 valence electrons. The first kappa shape index (κ1) is 18.8. The predicted octanol–water partition coefficient (Wildman–Crippen LogP) is 2.49. The molecule has 0 aliphatic carbocycles. The van der Waals surface area contributed by atoms with Crippen LogP contribution in [0.15, 0.2) is 12.1 Å². The van der Waals surface area contributed by atoms with Crippen LogP contribution in [0.1, 0.15) is 37.0 Å². The monoisotopic (exact) mass is 352 g/mol. The van der Waals surface area contributed by atoms with E-state index in [9.17, 15) is 14.1 Å². The lowest BCUT2D eigenvalue weighted by Gasteiger charge is -2.22. The topological polar surface area (TPSA) is 69.6 Å². The summed E-state index contributed by atoms with van der Waals surface area (Å²) in [5, 5.41) is 12.8. The fourth-order valence-electron chi connectivity index (χ4n) is 2.92. The number of hydrogen-bond acceptors (Lipinski definition) is 3. The molecule has 1 aromatic rings. The summed E-state index contributed by atoms with van der Waals surface area (Å²) in [5.41, 5.74) is 2.81. The number of carbonyl (C=O) groups is 1. The third-order valence-electron chi connectivity index (χ3n) is 4.67. The number of nitrogens with one attached hydrogen (secondary N) is 1. The standard InChI is InChI=1S/C18H28N2O3S/c1-13-11-15(12-14(2)16(13)21)5-7-19-17(22)20-8-6-18(3,4)24(23)10-9-20/h11-12,21H,5-10H2,1-4H3,(H,19,22). The zero-order valence-corrected chi connectivity index (χ0v) is 15.8. The average molecular weight is 353 g/mol. The third kappa shape index (κ3) is 4.50. The SMILES string of the molecule is Cc1cc(CCNC(=O)N2CCS(=O)C(C)(C)CC2)cc(C)c1O. The summed E-state index contributed by atoms with van der Waals surface area (Å²) in [7, 11) is -0.893. The van der Waals surface area contributed by atoms with E-state index in [1.807, 2.05) is 39.8 Å². The van der Waals surface area contributed by atoms with Crippen LogP contribution in [0.4, 0.5) is 4.79 Å². The minimum Gasteiger partial charge on any atom is -0.507 e. The quantitative estimate of drug-likeness (QED) is 0.878. The van der Waals surface area contributed by atoms with Gasteiger partial charge in [-0.2, -0.15) is 0 Å². The zero-order chi connectivity index (χ0) is 17.9. The highest BCUT2D eigenvalue weighted by molar-refractivity contribution is 7.86. The second-order valence-corrected chi connectivity index (χ2v) is 9.31. The van der Waals surface area contributed by atoms with E-state index in [0.29, 0.717) is 31.1 Å². The number of carbonyl (C=O) groups excluding carboxylic acids is 1. The number of urea groups is 1. The molecule has 0 bridgehead atoms. The molecule has 1 aliphatic heterocycles. The second-order valence-electron chi connectivity index (χ2n) is 7.11. The predicted molar refractivity (Wildman–Crippen MR) is 98.0 cm³/mol. The fraction of sp³-hybridized carbons (Fsp3) is 0.611. The summed E-state index contributed by atoms with van der Waals surface area (Å²) in [4.78, 5) is 14.1. The first-order chi connectivity index (χ1) is 11.2. The maximum atomic E-state index is 12.3. The summed E-state index contributed by atoms with van der Waals surface area (Å²) in [6.45, 7) is 9.49. The van der Waals surface area contributed by atoms with Crippen LogP contribution in [-0.2, 0) is 17.2 Å². The van der Waals surface area contributed by atoms with E-state index < -0.39 is 10.8 Å². The first-order valence-electron chi connectivity index (χ1n) is 8.41. The zero-order valence-electron chi connectivity index (χ0n) is 15.0. The van der Waals surface area contributed by atoms with Crippen LogP contribution in [0.2, 0.25) is 0 Å². The minimum atomic E-state index is -0.893. The Bertz CT molecular complexity index is 620. The van der Waals surface area contributed by atoms with E-state index in [0.717, 1.165) is 29.5 Å². The fourth-order valence-corrected chi connectivity index (χ4v) is 4.18. The number of phenolic OH excluding ortho intramolecular Hbond substituents is 1. The van der Waals surface area contributed by atoms with Crippen molar-refractivity contribution < 1.29 is 14.1 Å². The van der Waals surface area contributed by atoms with Gasteiger partial charge in [0.25, 0.3) is 0 Å². The van der Waals surface area contributed by atoms with Crippen molar-refractivity contribution in [3.63, 3.8) is 0 Å². The number of nitrogens with zero attached hydrogens (tertiary/aromatic N) is 1. The van der Waals surface area contributed by atoms with E-state index in [1.54, 1.807) is 4.90 Å². The van der Waals surface area contributed by atoms with Gasteiger partial charge in [0, 0.05) is 40.9 Å². The molecule has 1 unspecified atom stereocenters. The third-order valence-corrected chi connectivity index (χ3v) is 6.66. The highest BCUT2D eigenvalue weighted by Crippen LogP contribution is 2.23. The Morgan fingerprint density at radius 2 is 1.92 bits per heavy atom. The number of phenols is 1. The average Bonchev–Trinajstić information content (AvgIpc) is 2.64. The molecule has 1 atom stereocenters. The van der Waals surface area contributed by atoms with Gasteiger partial charge in [0.15, 0.2) is 0 Å². The Morgan fingerprint density at radius 1 is 1.29 bits per heavy atom. The molecule has 2 N–H and O–H groups in total. The maximum Gasteiger partial charge on any atom is 0.317 e. The highest BCUT2D eigenvalue weighted by Gasteiger charge is 2.31. The van der Waals surface area contributed by atoms with E-state index >= 15 is 0 Å². The van der Waals surface area contributed by atoms with E-state index in [1.165, 1.54) is 0 Å². The molecule has 1 aromatic carbocycles. The summed E-state index contributed by atoms with van der Waals surface area (Å²) in [5.74, 6) is 0.875. The summed E-state index contributed by atoms with van der Waals surface area (Å²) in [6, 6.07) is 3.81. The smallest absolute Gasteiger partial charge is 0.317 e. The number of aryl methyl sites for hydroxylation is 2. The van der Waals surface area contributed by atoms with Crippen LogP contribution in [0.3, 0.4) is 0 Å². The molecule has 1 aliphatic rings. The van der Waals surface area contributed by atoms with Crippen LogP contribution in [0, 0.1) is 13.8 Å². The molecule has 24 heavy (non-hydrogen) atoms. The van der Waals surface area contributed by atoms with Gasteiger partial charge in [-0.05, 0) is 57.2 Å². The summed E-state index contributed by atoms with van der Waals surface area (Å²) < 4.78 is 11.9. The number of benzene rings is 1. The Labute approximate surface area is 146 Å². The molecule has 1 fully saturated rings. The maximum absolute atomic E-state index is 12.3. The normalized spacial score (nSPS) is 20.5. The van der Waals surface area contributed by atoms with Crippen molar-refractivity contribution in [2.24, 2.45) is 0 Å². The lowest BCUT2D eigenvalue weighted by Crippen LogP contribution is -2.42. The van der Waals surface area contributed by atoms with Gasteiger partial charge in [0.1, 0.15) is 5.75 Å². The van der Waals surface area contributed by atoms with Crippen LogP contribution in [-0.4, -0.2) is 50.4 Å².